The highest BCUT2D eigenvalue weighted by molar-refractivity contribution is 6.42. The van der Waals surface area contributed by atoms with Crippen molar-refractivity contribution >= 4 is 40.5 Å². The lowest BCUT2D eigenvalue weighted by molar-refractivity contribution is 0.0993. The maximum atomic E-state index is 13.0. The Morgan fingerprint density at radius 3 is 2.54 bits per heavy atom. The fourth-order valence-corrected chi connectivity index (χ4v) is 3.33. The summed E-state index contributed by atoms with van der Waals surface area (Å²) in [5, 5.41) is 4.29. The zero-order valence-electron chi connectivity index (χ0n) is 13.9. The van der Waals surface area contributed by atoms with Crippen LogP contribution in [0.3, 0.4) is 0 Å². The second-order valence-electron chi connectivity index (χ2n) is 6.12. The van der Waals surface area contributed by atoms with Crippen molar-refractivity contribution in [2.24, 2.45) is 0 Å². The summed E-state index contributed by atoms with van der Waals surface area (Å²) in [5.74, 6) is -0.0884. The number of rotatable bonds is 3. The van der Waals surface area contributed by atoms with Crippen LogP contribution in [0.1, 0.15) is 27.8 Å². The van der Waals surface area contributed by atoms with Crippen LogP contribution in [0.2, 0.25) is 10.0 Å². The van der Waals surface area contributed by atoms with E-state index in [-0.39, 0.29) is 5.91 Å². The molecule has 1 amide bonds. The number of fused-ring (bicyclic) bond motifs is 1. The lowest BCUT2D eigenvalue weighted by Gasteiger charge is -2.26. The number of aryl methyl sites for hydroxylation is 1. The molecule has 3 aromatic rings. The molecular formula is C20H15Cl2N3O. The number of hydrogen-bond acceptors (Lipinski definition) is 3. The molecule has 26 heavy (non-hydrogen) atoms. The van der Waals surface area contributed by atoms with Crippen LogP contribution in [0.25, 0.3) is 0 Å². The molecule has 0 spiro atoms. The maximum Gasteiger partial charge on any atom is 0.262 e. The van der Waals surface area contributed by atoms with Crippen molar-refractivity contribution in [3.05, 3.63) is 87.7 Å². The Balaban J connectivity index is 1.77. The van der Waals surface area contributed by atoms with Crippen molar-refractivity contribution in [3.63, 3.8) is 0 Å². The topological polar surface area (TPSA) is 45.2 Å². The second-order valence-corrected chi connectivity index (χ2v) is 6.94. The molecule has 0 radical (unpaired) electrons. The van der Waals surface area contributed by atoms with E-state index in [1.165, 1.54) is 0 Å². The highest BCUT2D eigenvalue weighted by atomic mass is 35.5. The van der Waals surface area contributed by atoms with Gasteiger partial charge < -0.3 is 5.32 Å². The van der Waals surface area contributed by atoms with E-state index in [1.54, 1.807) is 35.4 Å². The molecule has 0 unspecified atom stereocenters. The zero-order chi connectivity index (χ0) is 18.3. The number of aromatic nitrogens is 1. The summed E-state index contributed by atoms with van der Waals surface area (Å²) in [6.45, 7) is 2.01. The molecule has 0 fully saturated rings. The standard InChI is InChI=1S/C20H15Cl2N3O/c1-12-4-7-14(8-5-12)25-19(18-15(20(25)26)3-2-10-23-18)24-13-6-9-16(21)17(22)11-13/h2-11,19,24H,1H3/t19-/m0/s1. The number of halogens is 2. The molecule has 130 valence electrons. The van der Waals surface area contributed by atoms with Gasteiger partial charge in [0.1, 0.15) is 0 Å². The molecule has 1 aromatic heterocycles. The minimum Gasteiger partial charge on any atom is -0.360 e. The molecule has 0 aliphatic carbocycles. The molecule has 2 aromatic carbocycles. The van der Waals surface area contributed by atoms with Crippen LogP contribution in [-0.4, -0.2) is 10.9 Å². The first-order valence-electron chi connectivity index (χ1n) is 8.11. The van der Waals surface area contributed by atoms with Crippen molar-refractivity contribution in [2.75, 3.05) is 10.2 Å². The number of nitrogens with zero attached hydrogens (tertiary/aromatic N) is 2. The minimum atomic E-state index is -0.432. The number of anilines is 2. The molecule has 0 bridgehead atoms. The van der Waals surface area contributed by atoms with Gasteiger partial charge in [-0.2, -0.15) is 0 Å². The van der Waals surface area contributed by atoms with E-state index in [2.05, 4.69) is 10.3 Å². The van der Waals surface area contributed by atoms with Gasteiger partial charge in [-0.05, 0) is 49.4 Å². The molecule has 2 heterocycles. The number of amides is 1. The van der Waals surface area contributed by atoms with Crippen molar-refractivity contribution < 1.29 is 4.79 Å². The molecule has 0 saturated carbocycles. The fourth-order valence-electron chi connectivity index (χ4n) is 3.03. The van der Waals surface area contributed by atoms with Crippen molar-refractivity contribution in [3.8, 4) is 0 Å². The smallest absolute Gasteiger partial charge is 0.262 e. The van der Waals surface area contributed by atoms with E-state index in [0.29, 0.717) is 21.3 Å². The molecule has 1 N–H and O–H groups in total. The summed E-state index contributed by atoms with van der Waals surface area (Å²) in [4.78, 5) is 19.1. The molecule has 0 saturated heterocycles. The molecule has 4 rings (SSSR count). The van der Waals surface area contributed by atoms with Gasteiger partial charge >= 0.3 is 0 Å². The van der Waals surface area contributed by atoms with Crippen LogP contribution in [0.5, 0.6) is 0 Å². The molecule has 1 atom stereocenters. The lowest BCUT2D eigenvalue weighted by atomic mass is 10.2. The number of hydrogen-bond donors (Lipinski definition) is 1. The first kappa shape index (κ1) is 16.9. The van der Waals surface area contributed by atoms with E-state index in [9.17, 15) is 4.79 Å². The van der Waals surface area contributed by atoms with E-state index in [1.807, 2.05) is 37.3 Å². The van der Waals surface area contributed by atoms with Crippen molar-refractivity contribution in [1.82, 2.24) is 4.98 Å². The van der Waals surface area contributed by atoms with Crippen LogP contribution in [0.15, 0.2) is 60.8 Å². The Morgan fingerprint density at radius 1 is 1.04 bits per heavy atom. The van der Waals surface area contributed by atoms with Gasteiger partial charge in [-0.1, -0.05) is 40.9 Å². The number of carbonyl (C=O) groups is 1. The van der Waals surface area contributed by atoms with Gasteiger partial charge in [-0.25, -0.2) is 0 Å². The van der Waals surface area contributed by atoms with Crippen LogP contribution in [0, 0.1) is 6.92 Å². The summed E-state index contributed by atoms with van der Waals surface area (Å²) < 4.78 is 0. The number of carbonyl (C=O) groups excluding carboxylic acids is 1. The molecule has 6 heteroatoms. The third kappa shape index (κ3) is 2.91. The SMILES string of the molecule is Cc1ccc(N2C(=O)c3cccnc3[C@H]2Nc2ccc(Cl)c(Cl)c2)cc1. The van der Waals surface area contributed by atoms with Gasteiger partial charge in [0.15, 0.2) is 6.17 Å². The summed E-state index contributed by atoms with van der Waals surface area (Å²) in [6, 6.07) is 16.7. The maximum absolute atomic E-state index is 13.0. The lowest BCUT2D eigenvalue weighted by Crippen LogP contribution is -2.32. The Morgan fingerprint density at radius 2 is 1.81 bits per heavy atom. The normalized spacial score (nSPS) is 15.9. The van der Waals surface area contributed by atoms with Crippen molar-refractivity contribution in [2.45, 2.75) is 13.1 Å². The van der Waals surface area contributed by atoms with Gasteiger partial charge in [0.25, 0.3) is 5.91 Å². The third-order valence-corrected chi connectivity index (χ3v) is 5.08. The first-order chi connectivity index (χ1) is 12.5. The Kier molecular flexibility index (Phi) is 4.31. The fraction of sp³-hybridized carbons (Fsp3) is 0.100. The van der Waals surface area contributed by atoms with Gasteiger partial charge in [0.2, 0.25) is 0 Å². The zero-order valence-corrected chi connectivity index (χ0v) is 15.4. The first-order valence-corrected chi connectivity index (χ1v) is 8.87. The molecule has 4 nitrogen and oxygen atoms in total. The summed E-state index contributed by atoms with van der Waals surface area (Å²) >= 11 is 12.1. The third-order valence-electron chi connectivity index (χ3n) is 4.34. The largest absolute Gasteiger partial charge is 0.360 e. The Labute approximate surface area is 161 Å². The van der Waals surface area contributed by atoms with Gasteiger partial charge in [0, 0.05) is 17.6 Å². The van der Waals surface area contributed by atoms with E-state index < -0.39 is 6.17 Å². The average Bonchev–Trinajstić information content (AvgIpc) is 2.92. The second kappa shape index (κ2) is 6.63. The predicted octanol–water partition coefficient (Wildman–Crippen LogP) is 5.47. The quantitative estimate of drug-likeness (QED) is 0.652. The van der Waals surface area contributed by atoms with Crippen LogP contribution >= 0.6 is 23.2 Å². The average molecular weight is 384 g/mol. The number of benzene rings is 2. The van der Waals surface area contributed by atoms with Crippen LogP contribution in [-0.2, 0) is 0 Å². The van der Waals surface area contributed by atoms with E-state index in [4.69, 9.17) is 23.2 Å². The molecule has 1 aliphatic heterocycles. The van der Waals surface area contributed by atoms with E-state index in [0.717, 1.165) is 16.9 Å². The summed E-state index contributed by atoms with van der Waals surface area (Å²) in [5.41, 5.74) is 3.96. The summed E-state index contributed by atoms with van der Waals surface area (Å²) in [6.07, 6.45) is 1.26. The highest BCUT2D eigenvalue weighted by Gasteiger charge is 2.38. The highest BCUT2D eigenvalue weighted by Crippen LogP contribution is 2.37. The predicted molar refractivity (Wildman–Crippen MR) is 105 cm³/mol. The van der Waals surface area contributed by atoms with Crippen molar-refractivity contribution in [1.29, 1.82) is 0 Å². The minimum absolute atomic E-state index is 0.0884. The number of pyridine rings is 1. The van der Waals surface area contributed by atoms with Crippen LogP contribution < -0.4 is 10.2 Å². The molecule has 1 aliphatic rings. The molecular weight excluding hydrogens is 369 g/mol. The Bertz CT molecular complexity index is 989. The van der Waals surface area contributed by atoms with Gasteiger partial charge in [-0.3, -0.25) is 14.7 Å². The summed E-state index contributed by atoms with van der Waals surface area (Å²) in [7, 11) is 0. The van der Waals surface area contributed by atoms with E-state index >= 15 is 0 Å². The van der Waals surface area contributed by atoms with Crippen LogP contribution in [0.4, 0.5) is 11.4 Å². The van der Waals surface area contributed by atoms with Gasteiger partial charge in [-0.15, -0.1) is 0 Å². The van der Waals surface area contributed by atoms with Gasteiger partial charge in [0.05, 0.1) is 21.3 Å². The number of nitrogens with one attached hydrogen (secondary N) is 1. The Hall–Kier alpha value is -2.56. The monoisotopic (exact) mass is 383 g/mol.